The molecule has 1 aliphatic heterocycles. The molecule has 1 unspecified atom stereocenters. The molecule has 3 nitrogen and oxygen atoms in total. The van der Waals surface area contributed by atoms with E-state index < -0.39 is 6.29 Å². The van der Waals surface area contributed by atoms with Crippen molar-refractivity contribution in [2.24, 2.45) is 0 Å². The molecular formula is C14H30O3. The number of rotatable bonds is 8. The number of hydrogen-bond donors (Lipinski definition) is 1. The zero-order valence-electron chi connectivity index (χ0n) is 11.6. The van der Waals surface area contributed by atoms with Crippen LogP contribution in [0.1, 0.15) is 65.2 Å². The molecule has 0 radical (unpaired) electrons. The highest BCUT2D eigenvalue weighted by Gasteiger charge is 2.09. The molecule has 0 saturated carbocycles. The Kier molecular flexibility index (Phi) is 13.8. The zero-order valence-corrected chi connectivity index (χ0v) is 11.6. The Bertz CT molecular complexity index is 125. The molecule has 1 fully saturated rings. The molecule has 0 bridgehead atoms. The topological polar surface area (TPSA) is 38.7 Å². The summed E-state index contributed by atoms with van der Waals surface area (Å²) >= 11 is 0. The third-order valence-electron chi connectivity index (χ3n) is 2.69. The minimum absolute atomic E-state index is 0.454. The van der Waals surface area contributed by atoms with Crippen molar-refractivity contribution in [1.29, 1.82) is 0 Å². The van der Waals surface area contributed by atoms with Gasteiger partial charge >= 0.3 is 0 Å². The van der Waals surface area contributed by atoms with Gasteiger partial charge in [-0.05, 0) is 19.3 Å². The molecular weight excluding hydrogens is 216 g/mol. The fourth-order valence-electron chi connectivity index (χ4n) is 1.57. The Labute approximate surface area is 107 Å². The van der Waals surface area contributed by atoms with Gasteiger partial charge in [0.25, 0.3) is 0 Å². The number of ether oxygens (including phenoxy) is 2. The van der Waals surface area contributed by atoms with Crippen molar-refractivity contribution in [2.75, 3.05) is 19.8 Å². The van der Waals surface area contributed by atoms with Crippen molar-refractivity contribution in [3.05, 3.63) is 0 Å². The van der Waals surface area contributed by atoms with Crippen LogP contribution in [0.3, 0.4) is 0 Å². The molecule has 0 aromatic heterocycles. The molecule has 1 atom stereocenters. The molecule has 0 aromatic rings. The van der Waals surface area contributed by atoms with Crippen molar-refractivity contribution < 1.29 is 14.6 Å². The fourth-order valence-corrected chi connectivity index (χ4v) is 1.57. The summed E-state index contributed by atoms with van der Waals surface area (Å²) in [6.45, 7) is 7.12. The van der Waals surface area contributed by atoms with Gasteiger partial charge < -0.3 is 14.6 Å². The second-order valence-corrected chi connectivity index (χ2v) is 4.49. The van der Waals surface area contributed by atoms with Gasteiger partial charge in [-0.15, -0.1) is 0 Å². The van der Waals surface area contributed by atoms with Gasteiger partial charge in [-0.3, -0.25) is 0 Å². The van der Waals surface area contributed by atoms with Crippen LogP contribution in [0.25, 0.3) is 0 Å². The van der Waals surface area contributed by atoms with E-state index in [2.05, 4.69) is 13.8 Å². The molecule has 0 amide bonds. The Morgan fingerprint density at radius 2 is 1.65 bits per heavy atom. The SMILES string of the molecule is CCCCCOCCCCC.OC1CCCO1. The maximum Gasteiger partial charge on any atom is 0.154 e. The minimum Gasteiger partial charge on any atom is -0.381 e. The first-order valence-corrected chi connectivity index (χ1v) is 7.18. The summed E-state index contributed by atoms with van der Waals surface area (Å²) in [5.74, 6) is 0. The number of unbranched alkanes of at least 4 members (excludes halogenated alkanes) is 4. The van der Waals surface area contributed by atoms with E-state index >= 15 is 0 Å². The van der Waals surface area contributed by atoms with Gasteiger partial charge in [0, 0.05) is 26.2 Å². The van der Waals surface area contributed by atoms with Crippen LogP contribution in [0.5, 0.6) is 0 Å². The Hall–Kier alpha value is -0.120. The maximum atomic E-state index is 8.51. The third-order valence-corrected chi connectivity index (χ3v) is 2.69. The van der Waals surface area contributed by atoms with Crippen LogP contribution in [0.2, 0.25) is 0 Å². The standard InChI is InChI=1S/C10H22O.C4H8O2/c1-3-5-7-9-11-10-8-6-4-2;5-4-2-1-3-6-4/h3-10H2,1-2H3;4-5H,1-3H2. The first-order chi connectivity index (χ1) is 8.31. The molecule has 1 rings (SSSR count). The van der Waals surface area contributed by atoms with Crippen molar-refractivity contribution in [1.82, 2.24) is 0 Å². The molecule has 104 valence electrons. The molecule has 0 aliphatic carbocycles. The van der Waals surface area contributed by atoms with Gasteiger partial charge in [-0.25, -0.2) is 0 Å². The van der Waals surface area contributed by atoms with E-state index in [9.17, 15) is 0 Å². The van der Waals surface area contributed by atoms with Crippen molar-refractivity contribution in [3.8, 4) is 0 Å². The van der Waals surface area contributed by atoms with Crippen molar-refractivity contribution >= 4 is 0 Å². The number of aliphatic hydroxyl groups excluding tert-OH is 1. The van der Waals surface area contributed by atoms with Gasteiger partial charge in [0.2, 0.25) is 0 Å². The molecule has 1 heterocycles. The highest BCUT2D eigenvalue weighted by atomic mass is 16.6. The molecule has 1 saturated heterocycles. The van der Waals surface area contributed by atoms with E-state index in [1.165, 1.54) is 38.5 Å². The molecule has 1 aliphatic rings. The molecule has 0 spiro atoms. The summed E-state index contributed by atoms with van der Waals surface area (Å²) in [7, 11) is 0. The Morgan fingerprint density at radius 1 is 1.06 bits per heavy atom. The second kappa shape index (κ2) is 13.9. The molecule has 17 heavy (non-hydrogen) atoms. The van der Waals surface area contributed by atoms with Crippen LogP contribution in [0.4, 0.5) is 0 Å². The summed E-state index contributed by atoms with van der Waals surface area (Å²) < 4.78 is 10.1. The summed E-state index contributed by atoms with van der Waals surface area (Å²) in [4.78, 5) is 0. The quantitative estimate of drug-likeness (QED) is 0.666. The lowest BCUT2D eigenvalue weighted by Gasteiger charge is -2.01. The molecule has 1 N–H and O–H groups in total. The average Bonchev–Trinajstić information content (AvgIpc) is 2.80. The lowest BCUT2D eigenvalue weighted by Crippen LogP contribution is -1.99. The minimum atomic E-state index is -0.454. The van der Waals surface area contributed by atoms with E-state index in [-0.39, 0.29) is 0 Å². The third kappa shape index (κ3) is 13.8. The van der Waals surface area contributed by atoms with Crippen molar-refractivity contribution in [3.63, 3.8) is 0 Å². The van der Waals surface area contributed by atoms with Crippen LogP contribution in [-0.2, 0) is 9.47 Å². The first kappa shape index (κ1) is 16.9. The monoisotopic (exact) mass is 246 g/mol. The van der Waals surface area contributed by atoms with Gasteiger partial charge in [0.1, 0.15) is 0 Å². The van der Waals surface area contributed by atoms with Crippen LogP contribution in [0.15, 0.2) is 0 Å². The van der Waals surface area contributed by atoms with Crippen LogP contribution < -0.4 is 0 Å². The summed E-state index contributed by atoms with van der Waals surface area (Å²) in [5, 5.41) is 8.51. The average molecular weight is 246 g/mol. The van der Waals surface area contributed by atoms with E-state index in [4.69, 9.17) is 14.6 Å². The number of aliphatic hydroxyl groups is 1. The van der Waals surface area contributed by atoms with Crippen LogP contribution >= 0.6 is 0 Å². The lowest BCUT2D eigenvalue weighted by molar-refractivity contribution is -0.0589. The van der Waals surface area contributed by atoms with Crippen LogP contribution in [-0.4, -0.2) is 31.2 Å². The highest BCUT2D eigenvalue weighted by Crippen LogP contribution is 2.07. The van der Waals surface area contributed by atoms with E-state index in [1.807, 2.05) is 0 Å². The second-order valence-electron chi connectivity index (χ2n) is 4.49. The Balaban J connectivity index is 0.000000354. The van der Waals surface area contributed by atoms with E-state index in [0.29, 0.717) is 0 Å². The van der Waals surface area contributed by atoms with E-state index in [0.717, 1.165) is 32.7 Å². The highest BCUT2D eigenvalue weighted by molar-refractivity contribution is 4.49. The smallest absolute Gasteiger partial charge is 0.154 e. The molecule has 3 heteroatoms. The molecule has 0 aromatic carbocycles. The fraction of sp³-hybridized carbons (Fsp3) is 1.00. The maximum absolute atomic E-state index is 8.51. The summed E-state index contributed by atoms with van der Waals surface area (Å²) in [6.07, 6.45) is 9.06. The summed E-state index contributed by atoms with van der Waals surface area (Å²) in [5.41, 5.74) is 0. The summed E-state index contributed by atoms with van der Waals surface area (Å²) in [6, 6.07) is 0. The van der Waals surface area contributed by atoms with Crippen molar-refractivity contribution in [2.45, 2.75) is 71.5 Å². The lowest BCUT2D eigenvalue weighted by atomic mass is 10.2. The Morgan fingerprint density at radius 3 is 1.94 bits per heavy atom. The normalized spacial score (nSPS) is 18.9. The van der Waals surface area contributed by atoms with E-state index in [1.54, 1.807) is 0 Å². The van der Waals surface area contributed by atoms with Gasteiger partial charge in [0.05, 0.1) is 0 Å². The van der Waals surface area contributed by atoms with Gasteiger partial charge in [-0.1, -0.05) is 39.5 Å². The van der Waals surface area contributed by atoms with Gasteiger partial charge in [-0.2, -0.15) is 0 Å². The first-order valence-electron chi connectivity index (χ1n) is 7.18. The van der Waals surface area contributed by atoms with Gasteiger partial charge in [0.15, 0.2) is 6.29 Å². The largest absolute Gasteiger partial charge is 0.381 e. The predicted octanol–water partition coefficient (Wildman–Crippen LogP) is 3.50. The van der Waals surface area contributed by atoms with Crippen LogP contribution in [0, 0.1) is 0 Å². The number of hydrogen-bond acceptors (Lipinski definition) is 3. The zero-order chi connectivity index (χ0) is 12.8. The predicted molar refractivity (Wildman–Crippen MR) is 71.1 cm³/mol.